The summed E-state index contributed by atoms with van der Waals surface area (Å²) in [6.45, 7) is 5.73. The highest BCUT2D eigenvalue weighted by molar-refractivity contribution is 4.58. The Kier molecular flexibility index (Phi) is 3.01. The number of piperidine rings is 1. The third kappa shape index (κ3) is 2.20. The first-order valence-corrected chi connectivity index (χ1v) is 5.62. The molecule has 0 aromatic heterocycles. The van der Waals surface area contributed by atoms with Gasteiger partial charge in [0, 0.05) is 19.3 Å². The molecule has 0 aromatic carbocycles. The number of rotatable bonds is 2. The summed E-state index contributed by atoms with van der Waals surface area (Å²) in [6, 6.07) is 0.965. The standard InChI is InChI=1S/C10H20N2/c1-2-6-11-10(5-1)9-12-7-3-4-8-12/h10-11H,1-9H2/p+2/t10-/m0/s1. The van der Waals surface area contributed by atoms with E-state index in [4.69, 9.17) is 0 Å². The summed E-state index contributed by atoms with van der Waals surface area (Å²) in [5.41, 5.74) is 0. The molecule has 0 bridgehead atoms. The summed E-state index contributed by atoms with van der Waals surface area (Å²) in [4.78, 5) is 1.87. The van der Waals surface area contributed by atoms with E-state index in [9.17, 15) is 0 Å². The van der Waals surface area contributed by atoms with Crippen LogP contribution in [0.1, 0.15) is 32.1 Å². The second kappa shape index (κ2) is 4.24. The highest BCUT2D eigenvalue weighted by Crippen LogP contribution is 1.99. The highest BCUT2D eigenvalue weighted by atomic mass is 15.2. The molecule has 2 rings (SSSR count). The van der Waals surface area contributed by atoms with Crippen molar-refractivity contribution in [2.45, 2.75) is 38.1 Å². The Bertz CT molecular complexity index is 124. The molecule has 0 radical (unpaired) electrons. The van der Waals surface area contributed by atoms with Crippen molar-refractivity contribution < 1.29 is 10.2 Å². The molecule has 2 nitrogen and oxygen atoms in total. The van der Waals surface area contributed by atoms with Crippen LogP contribution < -0.4 is 10.2 Å². The van der Waals surface area contributed by atoms with Gasteiger partial charge in [0.1, 0.15) is 12.6 Å². The van der Waals surface area contributed by atoms with Crippen LogP contribution in [0.2, 0.25) is 0 Å². The lowest BCUT2D eigenvalue weighted by molar-refractivity contribution is -0.909. The third-order valence-electron chi connectivity index (χ3n) is 3.39. The number of nitrogens with two attached hydrogens (primary N) is 1. The Morgan fingerprint density at radius 1 is 1.08 bits per heavy atom. The molecule has 0 spiro atoms. The van der Waals surface area contributed by atoms with E-state index in [-0.39, 0.29) is 0 Å². The Hall–Kier alpha value is -0.0800. The number of hydrogen-bond donors (Lipinski definition) is 2. The lowest BCUT2D eigenvalue weighted by Gasteiger charge is -2.22. The molecule has 0 aromatic rings. The minimum Gasteiger partial charge on any atom is -0.339 e. The first-order chi connectivity index (χ1) is 5.95. The van der Waals surface area contributed by atoms with Gasteiger partial charge >= 0.3 is 0 Å². The predicted octanol–water partition coefficient (Wildman–Crippen LogP) is -1.22. The first kappa shape index (κ1) is 8.52. The fraction of sp³-hybridized carbons (Fsp3) is 1.00. The van der Waals surface area contributed by atoms with Gasteiger partial charge in [0.05, 0.1) is 19.6 Å². The number of hydrogen-bond acceptors (Lipinski definition) is 0. The van der Waals surface area contributed by atoms with Crippen molar-refractivity contribution >= 4 is 0 Å². The number of likely N-dealkylation sites (tertiary alicyclic amines) is 1. The highest BCUT2D eigenvalue weighted by Gasteiger charge is 2.24. The second-order valence-corrected chi connectivity index (χ2v) is 4.44. The van der Waals surface area contributed by atoms with E-state index in [2.05, 4.69) is 5.32 Å². The third-order valence-corrected chi connectivity index (χ3v) is 3.39. The van der Waals surface area contributed by atoms with Gasteiger partial charge in [0.2, 0.25) is 0 Å². The average molecular weight is 170 g/mol. The molecule has 2 heterocycles. The van der Waals surface area contributed by atoms with E-state index in [1.165, 1.54) is 58.3 Å². The summed E-state index contributed by atoms with van der Waals surface area (Å²) in [5, 5.41) is 2.58. The van der Waals surface area contributed by atoms with Crippen LogP contribution in [0.25, 0.3) is 0 Å². The van der Waals surface area contributed by atoms with Gasteiger partial charge in [-0.3, -0.25) is 0 Å². The summed E-state index contributed by atoms with van der Waals surface area (Å²) in [7, 11) is 0. The number of quaternary nitrogens is 2. The Morgan fingerprint density at radius 3 is 2.58 bits per heavy atom. The van der Waals surface area contributed by atoms with Crippen molar-refractivity contribution in [1.29, 1.82) is 0 Å². The molecule has 2 saturated heterocycles. The fourth-order valence-corrected chi connectivity index (χ4v) is 2.66. The van der Waals surface area contributed by atoms with Gasteiger partial charge in [-0.2, -0.15) is 0 Å². The lowest BCUT2D eigenvalue weighted by atomic mass is 10.0. The van der Waals surface area contributed by atoms with Gasteiger partial charge in [-0.05, 0) is 12.8 Å². The summed E-state index contributed by atoms with van der Waals surface area (Å²) in [6.07, 6.45) is 7.36. The van der Waals surface area contributed by atoms with E-state index >= 15 is 0 Å². The van der Waals surface area contributed by atoms with Crippen LogP contribution in [0.4, 0.5) is 0 Å². The maximum Gasteiger partial charge on any atom is 0.135 e. The monoisotopic (exact) mass is 170 g/mol. The summed E-state index contributed by atoms with van der Waals surface area (Å²) in [5.74, 6) is 0. The van der Waals surface area contributed by atoms with E-state index in [1.807, 2.05) is 4.90 Å². The van der Waals surface area contributed by atoms with Gasteiger partial charge in [-0.1, -0.05) is 0 Å². The van der Waals surface area contributed by atoms with E-state index in [0.29, 0.717) is 0 Å². The van der Waals surface area contributed by atoms with Gasteiger partial charge in [0.25, 0.3) is 0 Å². The zero-order valence-electron chi connectivity index (χ0n) is 8.02. The van der Waals surface area contributed by atoms with Crippen LogP contribution in [-0.4, -0.2) is 32.2 Å². The summed E-state index contributed by atoms with van der Waals surface area (Å²) < 4.78 is 0. The van der Waals surface area contributed by atoms with Crippen LogP contribution in [0.15, 0.2) is 0 Å². The van der Waals surface area contributed by atoms with Crippen LogP contribution in [0.5, 0.6) is 0 Å². The van der Waals surface area contributed by atoms with Crippen molar-refractivity contribution in [2.24, 2.45) is 0 Å². The maximum atomic E-state index is 2.58. The van der Waals surface area contributed by atoms with E-state index < -0.39 is 0 Å². The Morgan fingerprint density at radius 2 is 1.92 bits per heavy atom. The molecule has 0 saturated carbocycles. The van der Waals surface area contributed by atoms with Gasteiger partial charge < -0.3 is 10.2 Å². The zero-order valence-corrected chi connectivity index (χ0v) is 8.02. The topological polar surface area (TPSA) is 21.1 Å². The molecular formula is C10H22N2+2. The minimum absolute atomic E-state index is 0.965. The minimum atomic E-state index is 0.965. The molecule has 70 valence electrons. The van der Waals surface area contributed by atoms with Crippen molar-refractivity contribution in [3.63, 3.8) is 0 Å². The normalized spacial score (nSPS) is 32.5. The molecular weight excluding hydrogens is 148 g/mol. The molecule has 3 N–H and O–H groups in total. The van der Waals surface area contributed by atoms with Crippen molar-refractivity contribution in [1.82, 2.24) is 0 Å². The predicted molar refractivity (Wildman–Crippen MR) is 49.2 cm³/mol. The second-order valence-electron chi connectivity index (χ2n) is 4.44. The Balaban J connectivity index is 1.69. The van der Waals surface area contributed by atoms with Crippen LogP contribution in [0.3, 0.4) is 0 Å². The molecule has 0 aliphatic carbocycles. The average Bonchev–Trinajstić information content (AvgIpc) is 2.59. The van der Waals surface area contributed by atoms with Gasteiger partial charge in [-0.15, -0.1) is 0 Å². The van der Waals surface area contributed by atoms with Crippen LogP contribution in [-0.2, 0) is 0 Å². The molecule has 2 aliphatic rings. The van der Waals surface area contributed by atoms with Crippen molar-refractivity contribution in [2.75, 3.05) is 26.2 Å². The lowest BCUT2D eigenvalue weighted by Crippen LogP contribution is -3.14. The van der Waals surface area contributed by atoms with Gasteiger partial charge in [0.15, 0.2) is 0 Å². The molecule has 2 fully saturated rings. The fourth-order valence-electron chi connectivity index (χ4n) is 2.66. The van der Waals surface area contributed by atoms with Gasteiger partial charge in [-0.25, -0.2) is 0 Å². The Labute approximate surface area is 75.3 Å². The first-order valence-electron chi connectivity index (χ1n) is 5.62. The van der Waals surface area contributed by atoms with E-state index in [0.717, 1.165) is 6.04 Å². The SMILES string of the molecule is C1CC[C@@H](C[NH+]2CCCC2)[NH2+]C1. The summed E-state index contributed by atoms with van der Waals surface area (Å²) >= 11 is 0. The van der Waals surface area contributed by atoms with Crippen molar-refractivity contribution in [3.05, 3.63) is 0 Å². The smallest absolute Gasteiger partial charge is 0.135 e. The zero-order chi connectivity index (χ0) is 8.23. The molecule has 0 unspecified atom stereocenters. The van der Waals surface area contributed by atoms with Crippen molar-refractivity contribution in [3.8, 4) is 0 Å². The van der Waals surface area contributed by atoms with Crippen LogP contribution >= 0.6 is 0 Å². The number of nitrogens with one attached hydrogen (secondary N) is 1. The quantitative estimate of drug-likeness (QED) is 0.518. The molecule has 1 atom stereocenters. The molecule has 2 heteroatoms. The van der Waals surface area contributed by atoms with Crippen LogP contribution in [0, 0.1) is 0 Å². The molecule has 12 heavy (non-hydrogen) atoms. The molecule has 0 amide bonds. The maximum absolute atomic E-state index is 2.58. The van der Waals surface area contributed by atoms with E-state index in [1.54, 1.807) is 0 Å². The largest absolute Gasteiger partial charge is 0.339 e. The molecule has 2 aliphatic heterocycles.